The van der Waals surface area contributed by atoms with Crippen LogP contribution in [0.3, 0.4) is 0 Å². The number of ketones is 2. The SMILES string of the molecule is C#C/C=C\C(Cc1ccc(Nc2cccc3c2C(=O)c2cccc4snc-3c24)cc1)=C(/C)Nc1cccc2c1C(=O)c1cccc3snc-2c13. The van der Waals surface area contributed by atoms with Gasteiger partial charge in [0.25, 0.3) is 0 Å². The number of benzene rings is 5. The Balaban J connectivity index is 0.997. The Morgan fingerprint density at radius 2 is 1.26 bits per heavy atom. The van der Waals surface area contributed by atoms with Crippen LogP contribution in [0, 0.1) is 12.3 Å². The second-order valence-electron chi connectivity index (χ2n) is 12.3. The zero-order chi connectivity index (χ0) is 33.9. The van der Waals surface area contributed by atoms with Crippen LogP contribution in [0.15, 0.2) is 120 Å². The fourth-order valence-electron chi connectivity index (χ4n) is 7.03. The predicted molar refractivity (Wildman–Crippen MR) is 205 cm³/mol. The van der Waals surface area contributed by atoms with Gasteiger partial charge >= 0.3 is 0 Å². The molecule has 0 fully saturated rings. The minimum Gasteiger partial charge on any atom is -0.358 e. The molecule has 50 heavy (non-hydrogen) atoms. The molecule has 0 saturated heterocycles. The maximum Gasteiger partial charge on any atom is 0.196 e. The third-order valence-corrected chi connectivity index (χ3v) is 11.0. The molecule has 2 aliphatic rings. The van der Waals surface area contributed by atoms with Crippen LogP contribution in [0.1, 0.15) is 44.3 Å². The van der Waals surface area contributed by atoms with E-state index in [-0.39, 0.29) is 11.6 Å². The monoisotopic (exact) mass is 682 g/mol. The first-order valence-corrected chi connectivity index (χ1v) is 17.6. The topological polar surface area (TPSA) is 84.0 Å². The lowest BCUT2D eigenvalue weighted by atomic mass is 9.86. The fourth-order valence-corrected chi connectivity index (χ4v) is 8.66. The summed E-state index contributed by atoms with van der Waals surface area (Å²) in [6.07, 6.45) is 9.85. The van der Waals surface area contributed by atoms with E-state index in [1.807, 2.05) is 97.9 Å². The molecule has 0 saturated carbocycles. The van der Waals surface area contributed by atoms with Gasteiger partial charge in [-0.05, 0) is 96.1 Å². The molecule has 0 aliphatic heterocycles. The normalized spacial score (nSPS) is 13.3. The van der Waals surface area contributed by atoms with Crippen LogP contribution in [-0.2, 0) is 6.42 Å². The highest BCUT2D eigenvalue weighted by Crippen LogP contribution is 2.45. The van der Waals surface area contributed by atoms with Crippen molar-refractivity contribution in [2.24, 2.45) is 0 Å². The van der Waals surface area contributed by atoms with Crippen molar-refractivity contribution in [3.05, 3.63) is 148 Å². The van der Waals surface area contributed by atoms with E-state index in [1.54, 1.807) is 6.08 Å². The number of nitrogens with one attached hydrogen (secondary N) is 2. The first kappa shape index (κ1) is 30.0. The molecule has 0 unspecified atom stereocenters. The Labute approximate surface area is 296 Å². The molecule has 2 aromatic heterocycles. The lowest BCUT2D eigenvalue weighted by Crippen LogP contribution is -2.13. The van der Waals surface area contributed by atoms with E-state index in [0.29, 0.717) is 28.7 Å². The maximum atomic E-state index is 13.8. The van der Waals surface area contributed by atoms with E-state index >= 15 is 0 Å². The molecule has 0 amide bonds. The van der Waals surface area contributed by atoms with Crippen molar-refractivity contribution >= 4 is 71.9 Å². The minimum atomic E-state index is -0.0107. The van der Waals surface area contributed by atoms with Crippen molar-refractivity contribution in [1.82, 2.24) is 8.75 Å². The first-order valence-electron chi connectivity index (χ1n) is 16.1. The number of fused-ring (bicyclic) bond motifs is 4. The van der Waals surface area contributed by atoms with Gasteiger partial charge in [-0.3, -0.25) is 9.59 Å². The van der Waals surface area contributed by atoms with E-state index in [0.717, 1.165) is 76.6 Å². The summed E-state index contributed by atoms with van der Waals surface area (Å²) in [5.74, 6) is 2.60. The van der Waals surface area contributed by atoms with Crippen molar-refractivity contribution in [2.75, 3.05) is 10.6 Å². The highest BCUT2D eigenvalue weighted by Gasteiger charge is 2.31. The Bertz CT molecular complexity index is 2690. The number of allylic oxidation sites excluding steroid dienone is 4. The molecule has 8 heteroatoms. The molecular weight excluding hydrogens is 657 g/mol. The number of anilines is 3. The van der Waals surface area contributed by atoms with Crippen LogP contribution in [0.25, 0.3) is 42.7 Å². The molecule has 7 aromatic rings. The van der Waals surface area contributed by atoms with Gasteiger partial charge in [-0.1, -0.05) is 66.6 Å². The van der Waals surface area contributed by atoms with Gasteiger partial charge in [0.2, 0.25) is 0 Å². The van der Waals surface area contributed by atoms with E-state index in [4.69, 9.17) is 15.2 Å². The molecule has 2 aliphatic carbocycles. The summed E-state index contributed by atoms with van der Waals surface area (Å²) in [5, 5.41) is 8.90. The minimum absolute atomic E-state index is 0.00142. The van der Waals surface area contributed by atoms with Crippen LogP contribution >= 0.6 is 23.1 Å². The second-order valence-corrected chi connectivity index (χ2v) is 13.9. The number of rotatable bonds is 7. The molecule has 238 valence electrons. The standard InChI is InChI=1S/C42H26N4O2S2/c1-3-4-9-25(23(2)43-31-14-5-10-27-35(31)41(47)29-12-7-16-33-37(29)39(27)45-49-33)22-24-18-20-26(21-19-24)44-32-15-6-11-28-36(32)42(48)30-13-8-17-34-38(30)40(28)46-50-34/h1,4-21,43-44H,22H2,2H3/b9-4-,25-23-. The Morgan fingerprint density at radius 3 is 1.86 bits per heavy atom. The maximum absolute atomic E-state index is 13.8. The smallest absolute Gasteiger partial charge is 0.196 e. The highest BCUT2D eigenvalue weighted by atomic mass is 32.1. The Kier molecular flexibility index (Phi) is 7.06. The van der Waals surface area contributed by atoms with Gasteiger partial charge in [-0.25, -0.2) is 0 Å². The summed E-state index contributed by atoms with van der Waals surface area (Å²) >= 11 is 2.84. The molecular formula is C42H26N4O2S2. The molecule has 5 aromatic carbocycles. The second kappa shape index (κ2) is 11.8. The van der Waals surface area contributed by atoms with Crippen LogP contribution in [0.5, 0.6) is 0 Å². The van der Waals surface area contributed by atoms with Crippen LogP contribution in [-0.4, -0.2) is 20.3 Å². The summed E-state index contributed by atoms with van der Waals surface area (Å²) in [4.78, 5) is 27.6. The van der Waals surface area contributed by atoms with Crippen LogP contribution < -0.4 is 10.6 Å². The van der Waals surface area contributed by atoms with E-state index in [1.165, 1.54) is 23.1 Å². The van der Waals surface area contributed by atoms with Crippen molar-refractivity contribution in [3.8, 4) is 34.9 Å². The fraction of sp³-hybridized carbons (Fsp3) is 0.0476. The summed E-state index contributed by atoms with van der Waals surface area (Å²) in [7, 11) is 0. The first-order chi connectivity index (χ1) is 24.5. The number of carbonyl (C=O) groups excluding carboxylic acids is 2. The van der Waals surface area contributed by atoms with Gasteiger partial charge in [0.15, 0.2) is 11.6 Å². The Hall–Kier alpha value is -6.14. The van der Waals surface area contributed by atoms with E-state index < -0.39 is 0 Å². The van der Waals surface area contributed by atoms with Gasteiger partial charge < -0.3 is 10.6 Å². The zero-order valence-electron chi connectivity index (χ0n) is 26.7. The van der Waals surface area contributed by atoms with E-state index in [9.17, 15) is 9.59 Å². The largest absolute Gasteiger partial charge is 0.358 e. The molecule has 2 N–H and O–H groups in total. The van der Waals surface area contributed by atoms with Crippen molar-refractivity contribution in [1.29, 1.82) is 0 Å². The summed E-state index contributed by atoms with van der Waals surface area (Å²) in [6, 6.07) is 31.5. The third-order valence-electron chi connectivity index (χ3n) is 9.39. The summed E-state index contributed by atoms with van der Waals surface area (Å²) in [6.45, 7) is 2.00. The molecule has 0 atom stereocenters. The molecule has 2 heterocycles. The average Bonchev–Trinajstić information content (AvgIpc) is 3.78. The third kappa shape index (κ3) is 4.71. The highest BCUT2D eigenvalue weighted by molar-refractivity contribution is 7.14. The van der Waals surface area contributed by atoms with Crippen LogP contribution in [0.4, 0.5) is 17.1 Å². The number of aromatic nitrogens is 2. The number of terminal acetylenes is 1. The number of hydrogen-bond donors (Lipinski definition) is 2. The molecule has 0 spiro atoms. The zero-order valence-corrected chi connectivity index (χ0v) is 28.3. The van der Waals surface area contributed by atoms with Gasteiger partial charge in [-0.15, -0.1) is 6.42 Å². The van der Waals surface area contributed by atoms with Crippen LogP contribution in [0.2, 0.25) is 0 Å². The quantitative estimate of drug-likeness (QED) is 0.129. The Morgan fingerprint density at radius 1 is 0.720 bits per heavy atom. The lowest BCUT2D eigenvalue weighted by Gasteiger charge is -2.20. The summed E-state index contributed by atoms with van der Waals surface area (Å²) in [5.41, 5.74) is 11.3. The van der Waals surface area contributed by atoms with Gasteiger partial charge in [-0.2, -0.15) is 8.75 Å². The van der Waals surface area contributed by atoms with Gasteiger partial charge in [0.1, 0.15) is 0 Å². The molecule has 0 radical (unpaired) electrons. The van der Waals surface area contributed by atoms with Crippen molar-refractivity contribution in [2.45, 2.75) is 13.3 Å². The number of carbonyl (C=O) groups is 2. The average molecular weight is 683 g/mol. The molecule has 9 rings (SSSR count). The van der Waals surface area contributed by atoms with E-state index in [2.05, 4.69) is 28.7 Å². The van der Waals surface area contributed by atoms with Crippen molar-refractivity contribution < 1.29 is 9.59 Å². The van der Waals surface area contributed by atoms with Crippen molar-refractivity contribution in [3.63, 3.8) is 0 Å². The molecule has 6 nitrogen and oxygen atoms in total. The van der Waals surface area contributed by atoms with Gasteiger partial charge in [0, 0.05) is 44.4 Å². The summed E-state index contributed by atoms with van der Waals surface area (Å²) < 4.78 is 11.5. The van der Waals surface area contributed by atoms with Gasteiger partial charge in [0.05, 0.1) is 43.3 Å². The lowest BCUT2D eigenvalue weighted by molar-refractivity contribution is 0.103. The predicted octanol–water partition coefficient (Wildman–Crippen LogP) is 10.2. The molecule has 0 bridgehead atoms. The number of hydrogen-bond acceptors (Lipinski definition) is 8. The number of nitrogens with zero attached hydrogens (tertiary/aromatic N) is 2.